The number of ether oxygens (including phenoxy) is 4. The van der Waals surface area contributed by atoms with Crippen molar-refractivity contribution in [1.29, 1.82) is 0 Å². The molecule has 14 heteroatoms. The Labute approximate surface area is 180 Å². The molecule has 32 heavy (non-hydrogen) atoms. The van der Waals surface area contributed by atoms with Gasteiger partial charge in [-0.05, 0) is 6.07 Å². The van der Waals surface area contributed by atoms with E-state index < -0.39 is 85.2 Å². The van der Waals surface area contributed by atoms with Gasteiger partial charge in [-0.3, -0.25) is 10.1 Å². The van der Waals surface area contributed by atoms with Crippen molar-refractivity contribution in [3.63, 3.8) is 0 Å². The molecule has 0 unspecified atom stereocenters. The lowest BCUT2D eigenvalue weighted by molar-refractivity contribution is -0.387. The van der Waals surface area contributed by atoms with Crippen LogP contribution in [-0.2, 0) is 14.2 Å². The summed E-state index contributed by atoms with van der Waals surface area (Å²) >= 11 is 0. The van der Waals surface area contributed by atoms with Gasteiger partial charge < -0.3 is 54.7 Å². The first kappa shape index (κ1) is 24.7. The first-order valence-corrected chi connectivity index (χ1v) is 9.68. The molecule has 1 aromatic rings. The first-order chi connectivity index (χ1) is 15.2. The highest BCUT2D eigenvalue weighted by Crippen LogP contribution is 2.33. The maximum atomic E-state index is 11.2. The molecule has 2 fully saturated rings. The Morgan fingerprint density at radius 3 is 2.06 bits per heavy atom. The van der Waals surface area contributed by atoms with Crippen LogP contribution in [0.1, 0.15) is 0 Å². The summed E-state index contributed by atoms with van der Waals surface area (Å²) in [6.45, 7) is -1.48. The Morgan fingerprint density at radius 2 is 1.44 bits per heavy atom. The molecule has 0 saturated carbocycles. The van der Waals surface area contributed by atoms with Crippen LogP contribution >= 0.6 is 0 Å². The molecular weight excluding hydrogens is 438 g/mol. The van der Waals surface area contributed by atoms with Crippen LogP contribution in [0.5, 0.6) is 5.75 Å². The van der Waals surface area contributed by atoms with Crippen molar-refractivity contribution >= 4 is 5.69 Å². The van der Waals surface area contributed by atoms with Crippen molar-refractivity contribution < 1.29 is 59.6 Å². The van der Waals surface area contributed by atoms with Crippen LogP contribution in [0, 0.1) is 10.1 Å². The standard InChI is InChI=1S/C18H25NO13/c20-5-9-11(22)13(24)14(25)17(30-9)32-16-12(23)10(6-21)31-18(15(16)26)29-8-4-2-1-3-7(8)19(27)28/h1-4,9-18,20-26H,5-6H2/t9-,10-,11+,12+,13+,14-,15-,16+,17-,18+/m1/s1. The summed E-state index contributed by atoms with van der Waals surface area (Å²) in [6, 6.07) is 5.25. The predicted molar refractivity (Wildman–Crippen MR) is 100 cm³/mol. The summed E-state index contributed by atoms with van der Waals surface area (Å²) in [5, 5.41) is 81.1. The van der Waals surface area contributed by atoms with Gasteiger partial charge in [-0.15, -0.1) is 0 Å². The Balaban J connectivity index is 1.81. The lowest BCUT2D eigenvalue weighted by atomic mass is 9.97. The molecule has 0 spiro atoms. The minimum Gasteiger partial charge on any atom is -0.455 e. The zero-order chi connectivity index (χ0) is 23.6. The van der Waals surface area contributed by atoms with Gasteiger partial charge in [0, 0.05) is 6.07 Å². The number of para-hydroxylation sites is 2. The Morgan fingerprint density at radius 1 is 0.844 bits per heavy atom. The van der Waals surface area contributed by atoms with Crippen molar-refractivity contribution in [2.24, 2.45) is 0 Å². The van der Waals surface area contributed by atoms with Gasteiger partial charge >= 0.3 is 5.69 Å². The first-order valence-electron chi connectivity index (χ1n) is 9.68. The number of aliphatic hydroxyl groups excluding tert-OH is 7. The SMILES string of the molecule is O=[N+]([O-])c1ccccc1O[C@H]1O[C@H](CO)[C@H](O)[C@H](O[C@H]2O[C@H](CO)[C@H](O)[C@H](O)[C@H]2O)[C@H]1O. The molecule has 0 amide bonds. The molecule has 0 bridgehead atoms. The molecule has 0 aliphatic carbocycles. The van der Waals surface area contributed by atoms with Gasteiger partial charge in [-0.1, -0.05) is 12.1 Å². The normalized spacial score (nSPS) is 40.1. The molecule has 3 rings (SSSR count). The molecule has 180 valence electrons. The van der Waals surface area contributed by atoms with Gasteiger partial charge in [-0.2, -0.15) is 0 Å². The smallest absolute Gasteiger partial charge is 0.311 e. The van der Waals surface area contributed by atoms with Gasteiger partial charge in [0.25, 0.3) is 0 Å². The Bertz CT molecular complexity index is 779. The summed E-state index contributed by atoms with van der Waals surface area (Å²) in [6.07, 6.45) is -16.4. The molecule has 0 aromatic heterocycles. The van der Waals surface area contributed by atoms with Gasteiger partial charge in [0.05, 0.1) is 18.1 Å². The number of hydrogen-bond acceptors (Lipinski definition) is 13. The fourth-order valence-corrected chi connectivity index (χ4v) is 3.48. The maximum absolute atomic E-state index is 11.2. The van der Waals surface area contributed by atoms with Crippen LogP contribution in [0.3, 0.4) is 0 Å². The summed E-state index contributed by atoms with van der Waals surface area (Å²) in [5.41, 5.74) is -0.429. The number of hydrogen-bond donors (Lipinski definition) is 7. The third-order valence-electron chi connectivity index (χ3n) is 5.27. The van der Waals surface area contributed by atoms with E-state index in [0.29, 0.717) is 0 Å². The second-order valence-corrected chi connectivity index (χ2v) is 7.35. The van der Waals surface area contributed by atoms with Crippen LogP contribution in [0.25, 0.3) is 0 Å². The topological polar surface area (TPSA) is 222 Å². The average molecular weight is 463 g/mol. The molecule has 0 radical (unpaired) electrons. The predicted octanol–water partition coefficient (Wildman–Crippen LogP) is -3.40. The molecule has 7 N–H and O–H groups in total. The van der Waals surface area contributed by atoms with Gasteiger partial charge in [0.15, 0.2) is 12.0 Å². The van der Waals surface area contributed by atoms with E-state index in [0.717, 1.165) is 6.07 Å². The van der Waals surface area contributed by atoms with E-state index in [-0.39, 0.29) is 5.75 Å². The highest BCUT2D eigenvalue weighted by atomic mass is 16.7. The van der Waals surface area contributed by atoms with Gasteiger partial charge in [-0.25, -0.2) is 0 Å². The number of nitrogens with zero attached hydrogens (tertiary/aromatic N) is 1. The van der Waals surface area contributed by atoms with Crippen molar-refractivity contribution in [3.8, 4) is 5.75 Å². The van der Waals surface area contributed by atoms with Crippen LogP contribution in [0.4, 0.5) is 5.69 Å². The van der Waals surface area contributed by atoms with E-state index in [9.17, 15) is 45.9 Å². The molecule has 2 saturated heterocycles. The summed E-state index contributed by atoms with van der Waals surface area (Å²) < 4.78 is 21.4. The molecule has 14 nitrogen and oxygen atoms in total. The minimum absolute atomic E-state index is 0.263. The van der Waals surface area contributed by atoms with Gasteiger partial charge in [0.2, 0.25) is 6.29 Å². The molecule has 2 aliphatic rings. The molecular formula is C18H25NO13. The van der Waals surface area contributed by atoms with Gasteiger partial charge in [0.1, 0.15) is 48.8 Å². The van der Waals surface area contributed by atoms with Crippen molar-refractivity contribution in [1.82, 2.24) is 0 Å². The Kier molecular flexibility index (Phi) is 7.94. The van der Waals surface area contributed by atoms with Crippen LogP contribution in [0.15, 0.2) is 24.3 Å². The van der Waals surface area contributed by atoms with E-state index in [1.165, 1.54) is 18.2 Å². The quantitative estimate of drug-likeness (QED) is 0.155. The van der Waals surface area contributed by atoms with Crippen molar-refractivity contribution in [2.75, 3.05) is 13.2 Å². The number of rotatable bonds is 7. The van der Waals surface area contributed by atoms with E-state index >= 15 is 0 Å². The zero-order valence-electron chi connectivity index (χ0n) is 16.5. The highest BCUT2D eigenvalue weighted by Gasteiger charge is 2.51. The molecule has 1 aromatic carbocycles. The van der Waals surface area contributed by atoms with E-state index in [1.807, 2.05) is 0 Å². The Hall–Kier alpha value is -1.98. The fourth-order valence-electron chi connectivity index (χ4n) is 3.48. The molecule has 10 atom stereocenters. The van der Waals surface area contributed by atoms with E-state index in [4.69, 9.17) is 18.9 Å². The van der Waals surface area contributed by atoms with Crippen molar-refractivity contribution in [2.45, 2.75) is 61.4 Å². The fraction of sp³-hybridized carbons (Fsp3) is 0.667. The number of nitro benzene ring substituents is 1. The van der Waals surface area contributed by atoms with E-state index in [2.05, 4.69) is 0 Å². The summed E-state index contributed by atoms with van der Waals surface area (Å²) in [5.74, 6) is -0.263. The average Bonchev–Trinajstić information content (AvgIpc) is 2.78. The lowest BCUT2D eigenvalue weighted by Gasteiger charge is -2.45. The minimum atomic E-state index is -1.82. The zero-order valence-corrected chi connectivity index (χ0v) is 16.5. The number of aliphatic hydroxyl groups is 7. The maximum Gasteiger partial charge on any atom is 0.311 e. The van der Waals surface area contributed by atoms with Crippen LogP contribution in [0.2, 0.25) is 0 Å². The number of benzene rings is 1. The summed E-state index contributed by atoms with van der Waals surface area (Å²) in [4.78, 5) is 10.5. The third-order valence-corrected chi connectivity index (χ3v) is 5.27. The third kappa shape index (κ3) is 4.84. The van der Waals surface area contributed by atoms with Crippen LogP contribution in [-0.4, -0.2) is 115 Å². The van der Waals surface area contributed by atoms with Crippen LogP contribution < -0.4 is 4.74 Å². The number of nitro groups is 1. The lowest BCUT2D eigenvalue weighted by Crippen LogP contribution is -2.65. The van der Waals surface area contributed by atoms with Crippen molar-refractivity contribution in [3.05, 3.63) is 34.4 Å². The van der Waals surface area contributed by atoms with E-state index in [1.54, 1.807) is 0 Å². The largest absolute Gasteiger partial charge is 0.455 e. The molecule has 2 heterocycles. The second kappa shape index (κ2) is 10.3. The second-order valence-electron chi connectivity index (χ2n) is 7.35. The summed E-state index contributed by atoms with van der Waals surface area (Å²) in [7, 11) is 0. The molecule has 2 aliphatic heterocycles. The monoisotopic (exact) mass is 463 g/mol. The highest BCUT2D eigenvalue weighted by molar-refractivity contribution is 5.45.